The van der Waals surface area contributed by atoms with Crippen LogP contribution >= 0.6 is 11.5 Å². The molecule has 4 heteroatoms. The van der Waals surface area contributed by atoms with E-state index < -0.39 is 0 Å². The Morgan fingerprint density at radius 2 is 1.77 bits per heavy atom. The summed E-state index contributed by atoms with van der Waals surface area (Å²) in [6.07, 6.45) is 15.3. The molecule has 0 radical (unpaired) electrons. The molecule has 0 aromatic carbocycles. The van der Waals surface area contributed by atoms with Gasteiger partial charge in [-0.1, -0.05) is 45.4 Å². The molecule has 0 bridgehead atoms. The van der Waals surface area contributed by atoms with Crippen LogP contribution in [0.2, 0.25) is 0 Å². The molecule has 0 fully saturated rings. The van der Waals surface area contributed by atoms with Gasteiger partial charge < -0.3 is 0 Å². The minimum Gasteiger partial charge on any atom is -0.219 e. The highest BCUT2D eigenvalue weighted by Gasteiger charge is 2.08. The summed E-state index contributed by atoms with van der Waals surface area (Å²) < 4.78 is 6.54. The second kappa shape index (κ2) is 9.67. The molecule has 0 unspecified atom stereocenters. The Bertz CT molecular complexity index is 551. The number of nitrogens with zero attached hydrogens (tertiary/aromatic N) is 3. The van der Waals surface area contributed by atoms with Gasteiger partial charge in [0.15, 0.2) is 12.4 Å². The molecule has 0 aliphatic rings. The van der Waals surface area contributed by atoms with E-state index in [2.05, 4.69) is 45.4 Å². The van der Waals surface area contributed by atoms with Crippen LogP contribution in [0.25, 0.3) is 10.6 Å². The predicted octanol–water partition coefficient (Wildman–Crippen LogP) is 4.94. The first-order chi connectivity index (χ1) is 10.8. The minimum atomic E-state index is 0.860. The lowest BCUT2D eigenvalue weighted by Crippen LogP contribution is -2.32. The van der Waals surface area contributed by atoms with Crippen molar-refractivity contribution < 1.29 is 4.57 Å². The fourth-order valence-electron chi connectivity index (χ4n) is 2.63. The van der Waals surface area contributed by atoms with E-state index in [4.69, 9.17) is 0 Å². The fraction of sp³-hybridized carbons (Fsp3) is 0.611. The van der Waals surface area contributed by atoms with Crippen LogP contribution in [0.15, 0.2) is 24.5 Å². The van der Waals surface area contributed by atoms with E-state index in [9.17, 15) is 0 Å². The zero-order valence-electron chi connectivity index (χ0n) is 13.9. The Balaban J connectivity index is 1.70. The molecule has 3 nitrogen and oxygen atoms in total. The van der Waals surface area contributed by atoms with Crippen molar-refractivity contribution in [2.24, 2.45) is 0 Å². The molecule has 2 aromatic rings. The molecule has 2 rings (SSSR count). The first kappa shape index (κ1) is 17.1. The van der Waals surface area contributed by atoms with Gasteiger partial charge in [0.05, 0.1) is 5.56 Å². The molecule has 0 saturated heterocycles. The van der Waals surface area contributed by atoms with Gasteiger partial charge in [-0.15, -0.1) is 0 Å². The standard InChI is InChI=1S/C18H28N3S/c1-3-4-5-6-7-8-9-10-13-21-14-11-12-17(15-21)18-19-16(2)20-22-18/h11-12,14-15H,3-10,13H2,1-2H3/q+1. The Morgan fingerprint density at radius 3 is 2.45 bits per heavy atom. The quantitative estimate of drug-likeness (QED) is 0.458. The van der Waals surface area contributed by atoms with E-state index in [1.165, 1.54) is 68.5 Å². The maximum absolute atomic E-state index is 4.46. The largest absolute Gasteiger partial charge is 0.219 e. The zero-order chi connectivity index (χ0) is 15.6. The van der Waals surface area contributed by atoms with Crippen LogP contribution in [0.4, 0.5) is 0 Å². The Labute approximate surface area is 138 Å². The van der Waals surface area contributed by atoms with Gasteiger partial charge in [-0.3, -0.25) is 0 Å². The highest BCUT2D eigenvalue weighted by molar-refractivity contribution is 7.09. The van der Waals surface area contributed by atoms with E-state index in [1.807, 2.05) is 6.92 Å². The number of aromatic nitrogens is 3. The number of hydrogen-bond donors (Lipinski definition) is 0. The van der Waals surface area contributed by atoms with E-state index in [0.717, 1.165) is 17.4 Å². The van der Waals surface area contributed by atoms with Crippen molar-refractivity contribution in [1.29, 1.82) is 0 Å². The predicted molar refractivity (Wildman–Crippen MR) is 92.9 cm³/mol. The SMILES string of the molecule is CCCCCCCCCC[n+]1cccc(-c2nc(C)ns2)c1. The third kappa shape index (κ3) is 5.84. The zero-order valence-corrected chi connectivity index (χ0v) is 14.7. The van der Waals surface area contributed by atoms with Gasteiger partial charge in [-0.25, -0.2) is 9.55 Å². The number of aryl methyl sites for hydroxylation is 2. The molecule has 22 heavy (non-hydrogen) atoms. The van der Waals surface area contributed by atoms with Crippen LogP contribution in [0.1, 0.15) is 64.1 Å². The Hall–Kier alpha value is -1.29. The van der Waals surface area contributed by atoms with Crippen LogP contribution in [0.5, 0.6) is 0 Å². The maximum Gasteiger partial charge on any atom is 0.179 e. The molecule has 0 spiro atoms. The van der Waals surface area contributed by atoms with Gasteiger partial charge >= 0.3 is 0 Å². The van der Waals surface area contributed by atoms with Gasteiger partial charge in [0, 0.05) is 12.5 Å². The normalized spacial score (nSPS) is 11.0. The summed E-state index contributed by atoms with van der Waals surface area (Å²) in [4.78, 5) is 4.46. The van der Waals surface area contributed by atoms with Gasteiger partial charge in [0.1, 0.15) is 17.4 Å². The number of pyridine rings is 1. The monoisotopic (exact) mass is 318 g/mol. The Kier molecular flexibility index (Phi) is 7.50. The van der Waals surface area contributed by atoms with Crippen LogP contribution in [0.3, 0.4) is 0 Å². The lowest BCUT2D eigenvalue weighted by molar-refractivity contribution is -0.696. The molecule has 0 aliphatic heterocycles. The summed E-state index contributed by atoms with van der Waals surface area (Å²) in [5.41, 5.74) is 1.17. The molecule has 2 aromatic heterocycles. The van der Waals surface area contributed by atoms with Gasteiger partial charge in [0.2, 0.25) is 0 Å². The molecule has 0 saturated carbocycles. The third-order valence-electron chi connectivity index (χ3n) is 3.90. The summed E-state index contributed by atoms with van der Waals surface area (Å²) >= 11 is 1.48. The van der Waals surface area contributed by atoms with E-state index in [0.29, 0.717) is 0 Å². The van der Waals surface area contributed by atoms with Crippen LogP contribution in [-0.2, 0) is 6.54 Å². The molecule has 0 atom stereocenters. The summed E-state index contributed by atoms with van der Waals surface area (Å²) in [5, 5.41) is 1.02. The molecule has 0 amide bonds. The fourth-order valence-corrected chi connectivity index (χ4v) is 3.29. The van der Waals surface area contributed by atoms with Crippen molar-refractivity contribution >= 4 is 11.5 Å². The smallest absolute Gasteiger partial charge is 0.179 e. The van der Waals surface area contributed by atoms with Crippen molar-refractivity contribution in [2.75, 3.05) is 0 Å². The first-order valence-electron chi connectivity index (χ1n) is 8.59. The van der Waals surface area contributed by atoms with Gasteiger partial charge in [-0.05, 0) is 30.9 Å². The van der Waals surface area contributed by atoms with Crippen molar-refractivity contribution in [2.45, 2.75) is 71.8 Å². The first-order valence-corrected chi connectivity index (χ1v) is 9.36. The third-order valence-corrected chi connectivity index (χ3v) is 4.76. The number of rotatable bonds is 10. The average Bonchev–Trinajstić information content (AvgIpc) is 2.97. The Morgan fingerprint density at radius 1 is 1.05 bits per heavy atom. The highest BCUT2D eigenvalue weighted by Crippen LogP contribution is 2.19. The van der Waals surface area contributed by atoms with Crippen molar-refractivity contribution in [1.82, 2.24) is 9.36 Å². The summed E-state index contributed by atoms with van der Waals surface area (Å²) in [5.74, 6) is 0.860. The molecular formula is C18H28N3S+. The van der Waals surface area contributed by atoms with Crippen molar-refractivity contribution in [3.05, 3.63) is 30.4 Å². The molecular weight excluding hydrogens is 290 g/mol. The van der Waals surface area contributed by atoms with E-state index >= 15 is 0 Å². The molecule has 120 valence electrons. The number of hydrogen-bond acceptors (Lipinski definition) is 3. The maximum atomic E-state index is 4.46. The van der Waals surface area contributed by atoms with Crippen LogP contribution < -0.4 is 4.57 Å². The molecule has 2 heterocycles. The highest BCUT2D eigenvalue weighted by atomic mass is 32.1. The second-order valence-electron chi connectivity index (χ2n) is 5.95. The van der Waals surface area contributed by atoms with Gasteiger partial charge in [-0.2, -0.15) is 4.37 Å². The average molecular weight is 319 g/mol. The molecule has 0 aliphatic carbocycles. The number of unbranched alkanes of at least 4 members (excludes halogenated alkanes) is 7. The lowest BCUT2D eigenvalue weighted by atomic mass is 10.1. The van der Waals surface area contributed by atoms with E-state index in [-0.39, 0.29) is 0 Å². The summed E-state index contributed by atoms with van der Waals surface area (Å²) in [6, 6.07) is 4.22. The van der Waals surface area contributed by atoms with Crippen LogP contribution in [0, 0.1) is 6.92 Å². The van der Waals surface area contributed by atoms with E-state index in [1.54, 1.807) is 0 Å². The van der Waals surface area contributed by atoms with Crippen molar-refractivity contribution in [3.63, 3.8) is 0 Å². The second-order valence-corrected chi connectivity index (χ2v) is 6.70. The van der Waals surface area contributed by atoms with Crippen LogP contribution in [-0.4, -0.2) is 9.36 Å². The topological polar surface area (TPSA) is 29.7 Å². The summed E-state index contributed by atoms with van der Waals surface area (Å²) in [6.45, 7) is 5.31. The van der Waals surface area contributed by atoms with Crippen molar-refractivity contribution in [3.8, 4) is 10.6 Å². The lowest BCUT2D eigenvalue weighted by Gasteiger charge is -2.01. The minimum absolute atomic E-state index is 0.860. The summed E-state index contributed by atoms with van der Waals surface area (Å²) in [7, 11) is 0. The molecule has 0 N–H and O–H groups in total. The van der Waals surface area contributed by atoms with Gasteiger partial charge in [0.25, 0.3) is 0 Å².